The molecule has 0 spiro atoms. The van der Waals surface area contributed by atoms with Gasteiger partial charge in [-0.15, -0.1) is 5.10 Å². The Balaban J connectivity index is 1.48. The van der Waals surface area contributed by atoms with Gasteiger partial charge in [0.1, 0.15) is 0 Å². The van der Waals surface area contributed by atoms with Gasteiger partial charge in [0, 0.05) is 5.38 Å². The van der Waals surface area contributed by atoms with Crippen molar-refractivity contribution >= 4 is 46.7 Å². The first kappa shape index (κ1) is 15.7. The molecule has 0 unspecified atom stereocenters. The lowest BCUT2D eigenvalue weighted by Crippen LogP contribution is -1.95. The third-order valence-electron chi connectivity index (χ3n) is 3.09. The Bertz CT molecular complexity index is 988. The maximum Gasteiger partial charge on any atom is 0.258 e. The molecule has 1 aromatic carbocycles. The van der Waals surface area contributed by atoms with Crippen molar-refractivity contribution in [2.45, 2.75) is 10.1 Å². The van der Waals surface area contributed by atoms with Crippen LogP contribution in [-0.2, 0) is 5.75 Å². The largest absolute Gasteiger partial charge is 0.334 e. The topological polar surface area (TPSA) is 56.7 Å². The lowest BCUT2D eigenvalue weighted by molar-refractivity contribution is 0.425. The molecule has 0 saturated heterocycles. The summed E-state index contributed by atoms with van der Waals surface area (Å²) in [5, 5.41) is 12.5. The van der Waals surface area contributed by atoms with E-state index in [-0.39, 0.29) is 0 Å². The second-order valence-electron chi connectivity index (χ2n) is 4.70. The first-order chi connectivity index (χ1) is 11.8. The van der Waals surface area contributed by atoms with Gasteiger partial charge in [-0.2, -0.15) is 16.3 Å². The molecule has 120 valence electrons. The monoisotopic (exact) mass is 390 g/mol. The molecule has 0 bridgehead atoms. The van der Waals surface area contributed by atoms with Crippen molar-refractivity contribution in [3.8, 4) is 17.1 Å². The number of rotatable bonds is 5. The van der Waals surface area contributed by atoms with E-state index < -0.39 is 0 Å². The summed E-state index contributed by atoms with van der Waals surface area (Å²) in [5.41, 5.74) is 1.91. The highest BCUT2D eigenvalue weighted by atomic mass is 32.2. The van der Waals surface area contributed by atoms with Crippen LogP contribution in [0, 0.1) is 3.95 Å². The van der Waals surface area contributed by atoms with Gasteiger partial charge in [0.2, 0.25) is 0 Å². The lowest BCUT2D eigenvalue weighted by atomic mass is 10.3. The van der Waals surface area contributed by atoms with E-state index in [4.69, 9.17) is 16.7 Å². The number of hydrogen-bond donors (Lipinski definition) is 0. The molecule has 0 aliphatic heterocycles. The number of benzene rings is 1. The summed E-state index contributed by atoms with van der Waals surface area (Å²) in [6.45, 7) is 0. The van der Waals surface area contributed by atoms with Crippen molar-refractivity contribution in [3.63, 3.8) is 0 Å². The van der Waals surface area contributed by atoms with Crippen molar-refractivity contribution in [1.29, 1.82) is 0 Å². The summed E-state index contributed by atoms with van der Waals surface area (Å²) in [6, 6.07) is 11.8. The van der Waals surface area contributed by atoms with Gasteiger partial charge in [0.05, 0.1) is 17.0 Å². The van der Waals surface area contributed by atoms with Gasteiger partial charge >= 0.3 is 0 Å². The van der Waals surface area contributed by atoms with Gasteiger partial charge in [-0.05, 0) is 35.8 Å². The second kappa shape index (κ2) is 6.98. The van der Waals surface area contributed by atoms with Crippen LogP contribution in [0.2, 0.25) is 0 Å². The molecule has 5 nitrogen and oxygen atoms in total. The number of hydrogen-bond acceptors (Lipinski definition) is 8. The zero-order valence-electron chi connectivity index (χ0n) is 12.2. The predicted molar refractivity (Wildman–Crippen MR) is 99.4 cm³/mol. The fraction of sp³-hybridized carbons (Fsp3) is 0.0667. The van der Waals surface area contributed by atoms with E-state index in [1.165, 1.54) is 11.3 Å². The average molecular weight is 391 g/mol. The maximum absolute atomic E-state index is 5.40. The minimum Gasteiger partial charge on any atom is -0.334 e. The van der Waals surface area contributed by atoms with E-state index in [1.54, 1.807) is 27.8 Å². The van der Waals surface area contributed by atoms with Gasteiger partial charge in [-0.1, -0.05) is 46.5 Å². The average Bonchev–Trinajstić information content (AvgIpc) is 3.34. The van der Waals surface area contributed by atoms with Crippen molar-refractivity contribution in [2.75, 3.05) is 0 Å². The molecule has 0 amide bonds. The molecule has 0 atom stereocenters. The van der Waals surface area contributed by atoms with Crippen molar-refractivity contribution < 1.29 is 4.52 Å². The third-order valence-corrected chi connectivity index (χ3v) is 6.14. The summed E-state index contributed by atoms with van der Waals surface area (Å²) >= 11 is 10.0. The van der Waals surface area contributed by atoms with E-state index in [0.717, 1.165) is 19.5 Å². The molecule has 0 N–H and O–H groups in total. The molecule has 0 fully saturated rings. The number of nitrogens with zero attached hydrogens (tertiary/aromatic N) is 4. The molecule has 4 aromatic rings. The molecule has 4 rings (SSSR count). The number of para-hydroxylation sites is 1. The minimum atomic E-state index is 0.550. The van der Waals surface area contributed by atoms with Crippen LogP contribution in [0.3, 0.4) is 0 Å². The Kier molecular flexibility index (Phi) is 4.56. The Morgan fingerprint density at radius 3 is 2.88 bits per heavy atom. The first-order valence-electron chi connectivity index (χ1n) is 6.93. The summed E-state index contributed by atoms with van der Waals surface area (Å²) in [5.74, 6) is 1.79. The van der Waals surface area contributed by atoms with Gasteiger partial charge in [0.25, 0.3) is 5.89 Å². The van der Waals surface area contributed by atoms with Gasteiger partial charge in [0.15, 0.2) is 14.1 Å². The molecular weight excluding hydrogens is 380 g/mol. The summed E-state index contributed by atoms with van der Waals surface area (Å²) < 4.78 is 8.66. The molecule has 0 radical (unpaired) electrons. The van der Waals surface area contributed by atoms with Crippen LogP contribution in [0.15, 0.2) is 56.0 Å². The SMILES string of the molecule is S=c1sc(SCc2noc(-c3ccsc3)n2)nn1-c1ccccc1. The van der Waals surface area contributed by atoms with Crippen molar-refractivity contribution in [2.24, 2.45) is 0 Å². The Morgan fingerprint density at radius 2 is 2.08 bits per heavy atom. The maximum atomic E-state index is 5.40. The van der Waals surface area contributed by atoms with Crippen LogP contribution >= 0.6 is 46.7 Å². The third kappa shape index (κ3) is 3.34. The van der Waals surface area contributed by atoms with E-state index >= 15 is 0 Å². The standard InChI is InChI=1S/C15H10N4OS4/c21-15-19(11-4-2-1-3-5-11)17-14(24-15)23-9-12-16-13(20-18-12)10-6-7-22-8-10/h1-8H,9H2. The number of thiophene rings is 1. The van der Waals surface area contributed by atoms with E-state index in [9.17, 15) is 0 Å². The van der Waals surface area contributed by atoms with Gasteiger partial charge < -0.3 is 4.52 Å². The van der Waals surface area contributed by atoms with Crippen molar-refractivity contribution in [3.05, 3.63) is 56.9 Å². The minimum absolute atomic E-state index is 0.550. The van der Waals surface area contributed by atoms with Gasteiger partial charge in [-0.25, -0.2) is 4.68 Å². The second-order valence-corrected chi connectivity index (χ2v) is 8.32. The van der Waals surface area contributed by atoms with Crippen LogP contribution in [0.4, 0.5) is 0 Å². The fourth-order valence-corrected chi connectivity index (χ4v) is 4.83. The lowest BCUT2D eigenvalue weighted by Gasteiger charge is -1.98. The molecule has 3 aromatic heterocycles. The zero-order chi connectivity index (χ0) is 16.4. The zero-order valence-corrected chi connectivity index (χ0v) is 15.4. The molecule has 9 heteroatoms. The van der Waals surface area contributed by atoms with E-state index in [1.807, 2.05) is 47.2 Å². The van der Waals surface area contributed by atoms with Crippen molar-refractivity contribution in [1.82, 2.24) is 19.9 Å². The Morgan fingerprint density at radius 1 is 1.21 bits per heavy atom. The molecular formula is C15H10N4OS4. The van der Waals surface area contributed by atoms with E-state index in [0.29, 0.717) is 17.5 Å². The number of thioether (sulfide) groups is 1. The molecule has 24 heavy (non-hydrogen) atoms. The highest BCUT2D eigenvalue weighted by Crippen LogP contribution is 2.27. The fourth-order valence-electron chi connectivity index (χ4n) is 1.99. The Hall–Kier alpha value is -1.81. The normalized spacial score (nSPS) is 11.0. The van der Waals surface area contributed by atoms with Crippen LogP contribution in [0.25, 0.3) is 17.1 Å². The molecule has 0 aliphatic carbocycles. The molecule has 0 saturated carbocycles. The number of aromatic nitrogens is 4. The first-order valence-corrected chi connectivity index (χ1v) is 10.1. The van der Waals surface area contributed by atoms with E-state index in [2.05, 4.69) is 15.2 Å². The van der Waals surface area contributed by atoms with Crippen LogP contribution in [-0.4, -0.2) is 19.9 Å². The van der Waals surface area contributed by atoms with Gasteiger partial charge in [-0.3, -0.25) is 0 Å². The van der Waals surface area contributed by atoms with Crippen LogP contribution in [0.5, 0.6) is 0 Å². The highest BCUT2D eigenvalue weighted by Gasteiger charge is 2.11. The molecule has 3 heterocycles. The quantitative estimate of drug-likeness (QED) is 0.350. The van der Waals surface area contributed by atoms with Crippen LogP contribution in [0.1, 0.15) is 5.82 Å². The van der Waals surface area contributed by atoms with Crippen LogP contribution < -0.4 is 0 Å². The highest BCUT2D eigenvalue weighted by molar-refractivity contribution is 8.00. The summed E-state index contributed by atoms with van der Waals surface area (Å²) in [6.07, 6.45) is 0. The summed E-state index contributed by atoms with van der Waals surface area (Å²) in [4.78, 5) is 4.41. The smallest absolute Gasteiger partial charge is 0.258 e. The predicted octanol–water partition coefficient (Wildman–Crippen LogP) is 5.07. The molecule has 0 aliphatic rings. The Labute approximate surface area is 155 Å². The summed E-state index contributed by atoms with van der Waals surface area (Å²) in [7, 11) is 0.